The Morgan fingerprint density at radius 1 is 1.08 bits per heavy atom. The summed E-state index contributed by atoms with van der Waals surface area (Å²) >= 11 is 0. The molecule has 0 spiro atoms. The molecule has 0 aromatic heterocycles. The molecule has 0 saturated carbocycles. The highest BCUT2D eigenvalue weighted by molar-refractivity contribution is 7.89. The molecular weight excluding hydrogens is 343 g/mol. The summed E-state index contributed by atoms with van der Waals surface area (Å²) in [6.45, 7) is 2.69. The molecule has 0 heterocycles. The van der Waals surface area contributed by atoms with Crippen LogP contribution in [0.3, 0.4) is 0 Å². The van der Waals surface area contributed by atoms with E-state index >= 15 is 0 Å². The van der Waals surface area contributed by atoms with Gasteiger partial charge in [-0.25, -0.2) is 17.9 Å². The van der Waals surface area contributed by atoms with Crippen molar-refractivity contribution < 1.29 is 12.8 Å². The van der Waals surface area contributed by atoms with Crippen LogP contribution in [0.25, 0.3) is 0 Å². The molecule has 8 heteroatoms. The highest BCUT2D eigenvalue weighted by Gasteiger charge is 2.07. The topological polar surface area (TPSA) is 96.6 Å². The lowest BCUT2D eigenvalue weighted by Gasteiger charge is -2.12. The van der Waals surface area contributed by atoms with Crippen LogP contribution in [0, 0.1) is 12.7 Å². The zero-order chi connectivity index (χ0) is 18.4. The third kappa shape index (κ3) is 5.54. The first kappa shape index (κ1) is 18.9. The summed E-state index contributed by atoms with van der Waals surface area (Å²) in [5.41, 5.74) is 2.42. The van der Waals surface area contributed by atoms with Gasteiger partial charge in [-0.05, 0) is 41.8 Å². The molecule has 2 aromatic carbocycles. The third-order valence-electron chi connectivity index (χ3n) is 3.62. The van der Waals surface area contributed by atoms with Crippen LogP contribution in [0.2, 0.25) is 0 Å². The minimum absolute atomic E-state index is 0.0745. The molecule has 0 aliphatic carbocycles. The van der Waals surface area contributed by atoms with E-state index in [-0.39, 0.29) is 10.7 Å². The van der Waals surface area contributed by atoms with Crippen molar-refractivity contribution in [3.63, 3.8) is 0 Å². The Labute approximate surface area is 147 Å². The number of halogens is 1. The number of guanidine groups is 1. The lowest BCUT2D eigenvalue weighted by molar-refractivity contribution is 0.597. The fraction of sp³-hybridized carbons (Fsp3) is 0.235. The van der Waals surface area contributed by atoms with Crippen molar-refractivity contribution in [2.24, 2.45) is 10.1 Å². The lowest BCUT2D eigenvalue weighted by Crippen LogP contribution is -2.36. The van der Waals surface area contributed by atoms with Gasteiger partial charge in [0, 0.05) is 20.1 Å². The van der Waals surface area contributed by atoms with Gasteiger partial charge >= 0.3 is 0 Å². The van der Waals surface area contributed by atoms with Crippen LogP contribution in [0.1, 0.15) is 16.7 Å². The van der Waals surface area contributed by atoms with Crippen molar-refractivity contribution in [2.45, 2.75) is 24.9 Å². The maximum atomic E-state index is 13.3. The van der Waals surface area contributed by atoms with E-state index in [1.807, 2.05) is 0 Å². The molecule has 0 aliphatic heterocycles. The number of hydrogen-bond donors (Lipinski definition) is 3. The molecular formula is C17H21FN4O2S. The second-order valence-corrected chi connectivity index (χ2v) is 7.11. The van der Waals surface area contributed by atoms with E-state index in [1.54, 1.807) is 38.2 Å². The van der Waals surface area contributed by atoms with Crippen LogP contribution >= 0.6 is 0 Å². The highest BCUT2D eigenvalue weighted by Crippen LogP contribution is 2.10. The number of nitrogens with zero attached hydrogens (tertiary/aromatic N) is 1. The lowest BCUT2D eigenvalue weighted by atomic mass is 10.1. The summed E-state index contributed by atoms with van der Waals surface area (Å²) in [7, 11) is -2.04. The van der Waals surface area contributed by atoms with E-state index in [4.69, 9.17) is 5.14 Å². The number of benzene rings is 2. The Kier molecular flexibility index (Phi) is 6.11. The predicted molar refractivity (Wildman–Crippen MR) is 96.0 cm³/mol. The molecule has 0 radical (unpaired) electrons. The molecule has 0 atom stereocenters. The molecule has 2 aromatic rings. The average Bonchev–Trinajstić information content (AvgIpc) is 2.57. The molecule has 134 valence electrons. The van der Waals surface area contributed by atoms with E-state index in [1.165, 1.54) is 18.2 Å². The van der Waals surface area contributed by atoms with E-state index in [0.717, 1.165) is 11.1 Å². The van der Waals surface area contributed by atoms with E-state index < -0.39 is 10.0 Å². The molecule has 4 N–H and O–H groups in total. The summed E-state index contributed by atoms with van der Waals surface area (Å²) in [6.07, 6.45) is 0. The molecule has 0 bridgehead atoms. The first-order valence-corrected chi connectivity index (χ1v) is 9.15. The van der Waals surface area contributed by atoms with Crippen LogP contribution < -0.4 is 15.8 Å². The zero-order valence-corrected chi connectivity index (χ0v) is 14.9. The molecule has 6 nitrogen and oxygen atoms in total. The number of aliphatic imine (C=N–C) groups is 1. The standard InChI is InChI=1S/C17H21FN4O2S/c1-12-9-14(5-8-16(12)18)11-22-17(20-2)21-10-13-3-6-15(7-4-13)25(19,23)24/h3-9H,10-11H2,1-2H3,(H2,19,23,24)(H2,20,21,22). The summed E-state index contributed by atoms with van der Waals surface area (Å²) in [5.74, 6) is 0.353. The molecule has 0 saturated heterocycles. The minimum atomic E-state index is -3.68. The Balaban J connectivity index is 1.91. The van der Waals surface area contributed by atoms with Crippen LogP contribution in [-0.4, -0.2) is 21.4 Å². The number of sulfonamides is 1. The Hall–Kier alpha value is -2.45. The molecule has 0 amide bonds. The predicted octanol–water partition coefficient (Wildman–Crippen LogP) is 1.65. The number of nitrogens with one attached hydrogen (secondary N) is 2. The molecule has 25 heavy (non-hydrogen) atoms. The summed E-state index contributed by atoms with van der Waals surface area (Å²) in [5, 5.41) is 11.3. The first-order valence-electron chi connectivity index (χ1n) is 7.61. The summed E-state index contributed by atoms with van der Waals surface area (Å²) < 4.78 is 35.7. The van der Waals surface area contributed by atoms with Gasteiger partial charge in [0.15, 0.2) is 5.96 Å². The van der Waals surface area contributed by atoms with E-state index in [9.17, 15) is 12.8 Å². The van der Waals surface area contributed by atoms with Crippen molar-refractivity contribution in [1.29, 1.82) is 0 Å². The highest BCUT2D eigenvalue weighted by atomic mass is 32.2. The van der Waals surface area contributed by atoms with E-state index in [2.05, 4.69) is 15.6 Å². The summed E-state index contributed by atoms with van der Waals surface area (Å²) in [6, 6.07) is 11.2. The number of nitrogens with two attached hydrogens (primary N) is 1. The number of hydrogen-bond acceptors (Lipinski definition) is 3. The molecule has 0 fully saturated rings. The smallest absolute Gasteiger partial charge is 0.238 e. The van der Waals surface area contributed by atoms with Gasteiger partial charge in [-0.15, -0.1) is 0 Å². The largest absolute Gasteiger partial charge is 0.352 e. The van der Waals surface area contributed by atoms with Gasteiger partial charge in [-0.1, -0.05) is 24.3 Å². The van der Waals surface area contributed by atoms with Gasteiger partial charge < -0.3 is 10.6 Å². The van der Waals surface area contributed by atoms with Gasteiger partial charge in [0.25, 0.3) is 0 Å². The number of primary sulfonamides is 1. The van der Waals surface area contributed by atoms with Crippen LogP contribution in [0.15, 0.2) is 52.4 Å². The van der Waals surface area contributed by atoms with Gasteiger partial charge in [0.05, 0.1) is 4.90 Å². The average molecular weight is 364 g/mol. The van der Waals surface area contributed by atoms with Gasteiger partial charge in [-0.3, -0.25) is 4.99 Å². The second kappa shape index (κ2) is 8.09. The second-order valence-electron chi connectivity index (χ2n) is 5.55. The molecule has 2 rings (SSSR count). The van der Waals surface area contributed by atoms with Gasteiger partial charge in [0.1, 0.15) is 5.82 Å². The van der Waals surface area contributed by atoms with Gasteiger partial charge in [-0.2, -0.15) is 0 Å². The molecule has 0 unspecified atom stereocenters. The maximum absolute atomic E-state index is 13.3. The fourth-order valence-corrected chi connectivity index (χ4v) is 2.72. The van der Waals surface area contributed by atoms with Crippen molar-refractivity contribution in [3.05, 3.63) is 65.0 Å². The monoisotopic (exact) mass is 364 g/mol. The zero-order valence-electron chi connectivity index (χ0n) is 14.1. The van der Waals surface area contributed by atoms with Crippen LogP contribution in [-0.2, 0) is 23.1 Å². The quantitative estimate of drug-likeness (QED) is 0.555. The van der Waals surface area contributed by atoms with Gasteiger partial charge in [0.2, 0.25) is 10.0 Å². The maximum Gasteiger partial charge on any atom is 0.238 e. The molecule has 0 aliphatic rings. The van der Waals surface area contributed by atoms with Crippen LogP contribution in [0.4, 0.5) is 4.39 Å². The minimum Gasteiger partial charge on any atom is -0.352 e. The van der Waals surface area contributed by atoms with Crippen molar-refractivity contribution in [3.8, 4) is 0 Å². The normalized spacial score (nSPS) is 12.1. The summed E-state index contributed by atoms with van der Waals surface area (Å²) in [4.78, 5) is 4.19. The fourth-order valence-electron chi connectivity index (χ4n) is 2.21. The number of rotatable bonds is 5. The third-order valence-corrected chi connectivity index (χ3v) is 4.55. The van der Waals surface area contributed by atoms with E-state index in [0.29, 0.717) is 24.6 Å². The van der Waals surface area contributed by atoms with Crippen molar-refractivity contribution in [1.82, 2.24) is 10.6 Å². The Morgan fingerprint density at radius 2 is 1.64 bits per heavy atom. The van der Waals surface area contributed by atoms with Crippen molar-refractivity contribution >= 4 is 16.0 Å². The van der Waals surface area contributed by atoms with Crippen molar-refractivity contribution in [2.75, 3.05) is 7.05 Å². The SMILES string of the molecule is CN=C(NCc1ccc(S(N)(=O)=O)cc1)NCc1ccc(F)c(C)c1. The number of aryl methyl sites for hydroxylation is 1. The van der Waals surface area contributed by atoms with Crippen LogP contribution in [0.5, 0.6) is 0 Å². The Morgan fingerprint density at radius 3 is 2.16 bits per heavy atom. The Bertz CT molecular complexity index is 865. The first-order chi connectivity index (χ1) is 11.8.